The van der Waals surface area contributed by atoms with Gasteiger partial charge in [-0.2, -0.15) is 10.2 Å². The number of aromatic nitrogens is 7. The lowest BCUT2D eigenvalue weighted by molar-refractivity contribution is 0.585. The fourth-order valence-corrected chi connectivity index (χ4v) is 5.02. The van der Waals surface area contributed by atoms with Crippen molar-refractivity contribution in [1.82, 2.24) is 34.3 Å². The number of hydrogen-bond donors (Lipinski definition) is 1. The molecule has 0 unspecified atom stereocenters. The molecule has 1 saturated heterocycles. The number of aryl methyl sites for hydroxylation is 1. The number of anilines is 2. The van der Waals surface area contributed by atoms with Gasteiger partial charge in [0.1, 0.15) is 17.7 Å². The minimum Gasteiger partial charge on any atom is -0.351 e. The summed E-state index contributed by atoms with van der Waals surface area (Å²) in [7, 11) is 3.93. The first-order valence-electron chi connectivity index (χ1n) is 12.5. The van der Waals surface area contributed by atoms with E-state index in [1.165, 1.54) is 12.1 Å². The van der Waals surface area contributed by atoms with Crippen LogP contribution >= 0.6 is 0 Å². The summed E-state index contributed by atoms with van der Waals surface area (Å²) in [5.74, 6) is 1.27. The number of benzene rings is 1. The van der Waals surface area contributed by atoms with E-state index in [4.69, 9.17) is 5.73 Å². The molecule has 4 aromatic heterocycles. The summed E-state index contributed by atoms with van der Waals surface area (Å²) < 4.78 is 17.1. The van der Waals surface area contributed by atoms with E-state index in [0.29, 0.717) is 5.95 Å². The predicted octanol–water partition coefficient (Wildman–Crippen LogP) is 0.866. The van der Waals surface area contributed by atoms with E-state index in [0.717, 1.165) is 65.4 Å². The van der Waals surface area contributed by atoms with Gasteiger partial charge in [-0.25, -0.2) is 23.9 Å². The van der Waals surface area contributed by atoms with Gasteiger partial charge in [-0.1, -0.05) is 12.1 Å². The molecule has 192 valence electrons. The van der Waals surface area contributed by atoms with Crippen molar-refractivity contribution < 1.29 is 4.39 Å². The van der Waals surface area contributed by atoms with Crippen LogP contribution in [0.3, 0.4) is 0 Å². The van der Waals surface area contributed by atoms with E-state index in [-0.39, 0.29) is 5.82 Å². The van der Waals surface area contributed by atoms with Crippen molar-refractivity contribution in [2.75, 3.05) is 36.0 Å². The number of hydrogen-bond acceptors (Lipinski definition) is 8. The first-order chi connectivity index (χ1) is 18.3. The van der Waals surface area contributed by atoms with Gasteiger partial charge in [0.2, 0.25) is 5.95 Å². The summed E-state index contributed by atoms with van der Waals surface area (Å²) in [5.41, 5.74) is 11.4. The molecule has 1 fully saturated rings. The van der Waals surface area contributed by atoms with E-state index < -0.39 is 5.54 Å². The quantitative estimate of drug-likeness (QED) is 0.348. The minimum atomic E-state index is -0.826. The molecule has 38 heavy (non-hydrogen) atoms. The molecule has 0 saturated carbocycles. The van der Waals surface area contributed by atoms with Crippen molar-refractivity contribution in [3.63, 3.8) is 0 Å². The van der Waals surface area contributed by atoms with Gasteiger partial charge >= 0.3 is 0 Å². The maximum Gasteiger partial charge on any atom is 0.225 e. The molecule has 2 N–H and O–H groups in total. The zero-order valence-corrected chi connectivity index (χ0v) is 21.6. The Morgan fingerprint density at radius 3 is 2.29 bits per heavy atom. The van der Waals surface area contributed by atoms with Crippen LogP contribution in [-0.4, -0.2) is 68.4 Å². The van der Waals surface area contributed by atoms with Crippen LogP contribution in [0, 0.1) is 5.82 Å². The molecular formula is C26H28BFN10. The lowest BCUT2D eigenvalue weighted by Gasteiger charge is -2.35. The van der Waals surface area contributed by atoms with Crippen LogP contribution in [0.4, 0.5) is 16.2 Å². The van der Waals surface area contributed by atoms with Crippen LogP contribution in [0.2, 0.25) is 0 Å². The van der Waals surface area contributed by atoms with E-state index in [1.54, 1.807) is 30.9 Å². The van der Waals surface area contributed by atoms with E-state index in [2.05, 4.69) is 41.0 Å². The van der Waals surface area contributed by atoms with E-state index in [1.807, 2.05) is 43.4 Å². The summed E-state index contributed by atoms with van der Waals surface area (Å²) >= 11 is 0. The lowest BCUT2D eigenvalue weighted by atomic mass is 9.87. The third-order valence-corrected chi connectivity index (χ3v) is 7.25. The summed E-state index contributed by atoms with van der Waals surface area (Å²) in [6, 6.07) is 8.33. The number of rotatable bonds is 5. The fraction of sp³-hybridized carbons (Fsp3) is 0.269. The third-order valence-electron chi connectivity index (χ3n) is 7.25. The molecule has 1 atom stereocenters. The van der Waals surface area contributed by atoms with Crippen LogP contribution < -0.4 is 21.1 Å². The molecule has 0 amide bonds. The highest BCUT2D eigenvalue weighted by Crippen LogP contribution is 2.28. The largest absolute Gasteiger partial charge is 0.351 e. The first-order valence-corrected chi connectivity index (χ1v) is 12.5. The summed E-state index contributed by atoms with van der Waals surface area (Å²) in [6.07, 6.45) is 9.16. The first kappa shape index (κ1) is 24.0. The molecule has 0 spiro atoms. The SMILES string of the molecule is Bc1nn(C)cc1-c1cc2c(N3CCN(c4ncc([C@](C)(N)c5ccc(F)cc5)cn4)CC3)ncnn2c1. The number of piperazine rings is 1. The van der Waals surface area contributed by atoms with Crippen LogP contribution in [0.25, 0.3) is 16.6 Å². The van der Waals surface area contributed by atoms with Gasteiger partial charge < -0.3 is 15.5 Å². The second-order valence-corrected chi connectivity index (χ2v) is 9.90. The van der Waals surface area contributed by atoms with E-state index >= 15 is 0 Å². The monoisotopic (exact) mass is 510 g/mol. The predicted molar refractivity (Wildman–Crippen MR) is 147 cm³/mol. The Kier molecular flexibility index (Phi) is 5.83. The summed E-state index contributed by atoms with van der Waals surface area (Å²) in [4.78, 5) is 18.3. The number of halogens is 1. The zero-order chi connectivity index (χ0) is 26.4. The van der Waals surface area contributed by atoms with Gasteiger partial charge in [0.25, 0.3) is 0 Å². The summed E-state index contributed by atoms with van der Waals surface area (Å²) in [6.45, 7) is 4.93. The Bertz CT molecular complexity index is 1590. The zero-order valence-electron chi connectivity index (χ0n) is 21.6. The standard InChI is InChI=1S/C26H28BFN10/c1-26(29,18-3-5-20(28)6-4-18)19-12-30-25(31-13-19)37-9-7-36(8-10-37)24-22-11-17(14-38(22)33-16-32-24)21-15-35(2)34-23(21)27/h3-6,11-16H,7-10,27,29H2,1-2H3/t26-/m1/s1. The molecule has 1 aliphatic rings. The fourth-order valence-electron chi connectivity index (χ4n) is 5.02. The summed E-state index contributed by atoms with van der Waals surface area (Å²) in [5, 5.41) is 8.90. The Morgan fingerprint density at radius 1 is 0.947 bits per heavy atom. The Morgan fingerprint density at radius 2 is 1.63 bits per heavy atom. The molecular weight excluding hydrogens is 482 g/mol. The molecule has 1 aliphatic heterocycles. The number of fused-ring (bicyclic) bond motifs is 1. The van der Waals surface area contributed by atoms with Crippen molar-refractivity contribution >= 4 is 30.7 Å². The smallest absolute Gasteiger partial charge is 0.225 e. The molecule has 12 heteroatoms. The maximum atomic E-state index is 13.4. The van der Waals surface area contributed by atoms with Gasteiger partial charge in [0.15, 0.2) is 13.7 Å². The molecule has 0 radical (unpaired) electrons. The average Bonchev–Trinajstić information content (AvgIpc) is 3.51. The second kappa shape index (κ2) is 9.21. The maximum absolute atomic E-state index is 13.4. The van der Waals surface area contributed by atoms with Gasteiger partial charge in [0.05, 0.1) is 5.54 Å². The molecule has 1 aromatic carbocycles. The highest BCUT2D eigenvalue weighted by atomic mass is 19.1. The molecule has 10 nitrogen and oxygen atoms in total. The minimum absolute atomic E-state index is 0.293. The normalized spacial score (nSPS) is 15.7. The molecule has 0 aliphatic carbocycles. The Hall–Kier alpha value is -4.32. The van der Waals surface area contributed by atoms with Gasteiger partial charge in [-0.05, 0) is 30.7 Å². The second-order valence-electron chi connectivity index (χ2n) is 9.90. The van der Waals surface area contributed by atoms with Crippen molar-refractivity contribution in [1.29, 1.82) is 0 Å². The van der Waals surface area contributed by atoms with Crippen molar-refractivity contribution in [2.24, 2.45) is 12.8 Å². The highest BCUT2D eigenvalue weighted by molar-refractivity contribution is 6.34. The molecule has 5 heterocycles. The Balaban J connectivity index is 1.17. The van der Waals surface area contributed by atoms with Gasteiger partial charge in [-0.15, -0.1) is 0 Å². The van der Waals surface area contributed by atoms with Gasteiger partial charge in [0, 0.05) is 80.3 Å². The Labute approximate surface area is 220 Å². The van der Waals surface area contributed by atoms with E-state index in [9.17, 15) is 4.39 Å². The van der Waals surface area contributed by atoms with Crippen LogP contribution in [0.5, 0.6) is 0 Å². The van der Waals surface area contributed by atoms with Crippen LogP contribution in [-0.2, 0) is 12.6 Å². The number of nitrogens with zero attached hydrogens (tertiary/aromatic N) is 9. The van der Waals surface area contributed by atoms with Crippen LogP contribution in [0.1, 0.15) is 18.1 Å². The highest BCUT2D eigenvalue weighted by Gasteiger charge is 2.26. The topological polar surface area (TPSA) is 106 Å². The molecule has 5 aromatic rings. The molecule has 0 bridgehead atoms. The van der Waals surface area contributed by atoms with Crippen molar-refractivity contribution in [2.45, 2.75) is 12.5 Å². The van der Waals surface area contributed by atoms with Crippen LogP contribution in [0.15, 0.2) is 61.4 Å². The molecule has 6 rings (SSSR count). The van der Waals surface area contributed by atoms with Crippen molar-refractivity contribution in [3.05, 3.63) is 78.4 Å². The van der Waals surface area contributed by atoms with Gasteiger partial charge in [-0.3, -0.25) is 4.68 Å². The third kappa shape index (κ3) is 4.26. The number of nitrogens with two attached hydrogens (primary N) is 1. The average molecular weight is 510 g/mol. The van der Waals surface area contributed by atoms with Crippen molar-refractivity contribution in [3.8, 4) is 11.1 Å². The lowest BCUT2D eigenvalue weighted by Crippen LogP contribution is -2.47.